The van der Waals surface area contributed by atoms with Gasteiger partial charge in [-0.05, 0) is 31.5 Å². The maximum Gasteiger partial charge on any atom is 0.134 e. The van der Waals surface area contributed by atoms with Crippen LogP contribution >= 0.6 is 0 Å². The van der Waals surface area contributed by atoms with Crippen LogP contribution in [0.15, 0.2) is 52.9 Å². The molecule has 0 aliphatic heterocycles. The smallest absolute Gasteiger partial charge is 0.134 e. The van der Waals surface area contributed by atoms with E-state index < -0.39 is 0 Å². The van der Waals surface area contributed by atoms with Crippen LogP contribution in [0.25, 0.3) is 11.0 Å². The normalized spacial score (nSPS) is 12.8. The minimum Gasteiger partial charge on any atom is -0.459 e. The van der Waals surface area contributed by atoms with E-state index in [1.807, 2.05) is 30.3 Å². The first-order chi connectivity index (χ1) is 9.67. The molecule has 0 radical (unpaired) electrons. The van der Waals surface area contributed by atoms with Gasteiger partial charge < -0.3 is 4.42 Å². The molecule has 0 spiro atoms. The molecule has 1 aromatic heterocycles. The number of benzene rings is 2. The number of hydrogen-bond donors (Lipinski definition) is 2. The zero-order valence-electron chi connectivity index (χ0n) is 11.7. The molecule has 3 heteroatoms. The van der Waals surface area contributed by atoms with E-state index in [9.17, 15) is 0 Å². The Morgan fingerprint density at radius 3 is 2.35 bits per heavy atom. The van der Waals surface area contributed by atoms with Crippen molar-refractivity contribution in [3.05, 3.63) is 71.0 Å². The van der Waals surface area contributed by atoms with Gasteiger partial charge in [0.1, 0.15) is 17.4 Å². The van der Waals surface area contributed by atoms with Gasteiger partial charge in [0.25, 0.3) is 0 Å². The second-order valence-corrected chi connectivity index (χ2v) is 5.21. The average Bonchev–Trinajstić information content (AvgIpc) is 2.81. The van der Waals surface area contributed by atoms with Crippen molar-refractivity contribution in [2.75, 3.05) is 0 Å². The second-order valence-electron chi connectivity index (χ2n) is 5.21. The van der Waals surface area contributed by atoms with Crippen LogP contribution in [0, 0.1) is 13.8 Å². The Morgan fingerprint density at radius 1 is 1.00 bits per heavy atom. The van der Waals surface area contributed by atoms with E-state index in [0.29, 0.717) is 0 Å². The first kappa shape index (κ1) is 12.9. The van der Waals surface area contributed by atoms with E-state index in [4.69, 9.17) is 10.3 Å². The van der Waals surface area contributed by atoms with E-state index in [2.05, 4.69) is 37.5 Å². The quantitative estimate of drug-likeness (QED) is 0.562. The van der Waals surface area contributed by atoms with Gasteiger partial charge in [-0.15, -0.1) is 0 Å². The summed E-state index contributed by atoms with van der Waals surface area (Å²) in [6.07, 6.45) is 0. The molecule has 3 nitrogen and oxygen atoms in total. The number of fused-ring (bicyclic) bond motifs is 1. The van der Waals surface area contributed by atoms with E-state index in [-0.39, 0.29) is 6.04 Å². The summed E-state index contributed by atoms with van der Waals surface area (Å²) >= 11 is 0. The van der Waals surface area contributed by atoms with E-state index in [1.165, 1.54) is 11.1 Å². The Morgan fingerprint density at radius 2 is 1.70 bits per heavy atom. The molecule has 0 saturated carbocycles. The van der Waals surface area contributed by atoms with Crippen LogP contribution in [0.3, 0.4) is 0 Å². The Balaban J connectivity index is 2.08. The van der Waals surface area contributed by atoms with Crippen LogP contribution in [-0.4, -0.2) is 0 Å². The van der Waals surface area contributed by atoms with Crippen molar-refractivity contribution in [3.63, 3.8) is 0 Å². The first-order valence-electron chi connectivity index (χ1n) is 6.70. The number of nitrogens with one attached hydrogen (secondary N) is 1. The SMILES string of the molecule is Cc1cc(C)cc(C(NN)c2cc3ccccc3o2)c1. The van der Waals surface area contributed by atoms with Gasteiger partial charge in [-0.1, -0.05) is 47.5 Å². The lowest BCUT2D eigenvalue weighted by Gasteiger charge is -2.15. The molecule has 3 aromatic rings. The summed E-state index contributed by atoms with van der Waals surface area (Å²) < 4.78 is 5.91. The highest BCUT2D eigenvalue weighted by atomic mass is 16.3. The summed E-state index contributed by atoms with van der Waals surface area (Å²) in [7, 11) is 0. The number of nitrogens with two attached hydrogens (primary N) is 1. The van der Waals surface area contributed by atoms with Crippen molar-refractivity contribution in [1.82, 2.24) is 5.43 Å². The monoisotopic (exact) mass is 266 g/mol. The van der Waals surface area contributed by atoms with Crippen molar-refractivity contribution in [2.24, 2.45) is 5.84 Å². The van der Waals surface area contributed by atoms with Crippen molar-refractivity contribution in [2.45, 2.75) is 19.9 Å². The van der Waals surface area contributed by atoms with Gasteiger partial charge in [-0.2, -0.15) is 0 Å². The number of rotatable bonds is 3. The lowest BCUT2D eigenvalue weighted by molar-refractivity contribution is 0.477. The predicted molar refractivity (Wildman–Crippen MR) is 81.3 cm³/mol. The number of furan rings is 1. The molecule has 1 unspecified atom stereocenters. The highest BCUT2D eigenvalue weighted by Crippen LogP contribution is 2.28. The predicted octanol–water partition coefficient (Wildman–Crippen LogP) is 3.60. The van der Waals surface area contributed by atoms with Crippen molar-refractivity contribution in [3.8, 4) is 0 Å². The average molecular weight is 266 g/mol. The number of para-hydroxylation sites is 1. The molecular formula is C17H18N2O. The third kappa shape index (κ3) is 2.33. The topological polar surface area (TPSA) is 51.2 Å². The van der Waals surface area contributed by atoms with Crippen molar-refractivity contribution < 1.29 is 4.42 Å². The Kier molecular flexibility index (Phi) is 3.30. The van der Waals surface area contributed by atoms with Crippen LogP contribution in [0.2, 0.25) is 0 Å². The van der Waals surface area contributed by atoms with Gasteiger partial charge in [-0.3, -0.25) is 5.84 Å². The third-order valence-electron chi connectivity index (χ3n) is 3.47. The number of hydrogen-bond acceptors (Lipinski definition) is 3. The molecule has 0 fully saturated rings. The van der Waals surface area contributed by atoms with E-state index >= 15 is 0 Å². The summed E-state index contributed by atoms with van der Waals surface area (Å²) in [5, 5.41) is 1.09. The molecule has 0 bridgehead atoms. The molecule has 3 N–H and O–H groups in total. The summed E-state index contributed by atoms with van der Waals surface area (Å²) in [6.45, 7) is 4.17. The molecule has 102 valence electrons. The Bertz CT molecular complexity index is 692. The molecule has 1 heterocycles. The van der Waals surface area contributed by atoms with E-state index in [1.54, 1.807) is 0 Å². The minimum atomic E-state index is -0.138. The zero-order valence-corrected chi connectivity index (χ0v) is 11.7. The van der Waals surface area contributed by atoms with Gasteiger partial charge in [0.15, 0.2) is 0 Å². The molecule has 3 rings (SSSR count). The fourth-order valence-corrected chi connectivity index (χ4v) is 2.66. The van der Waals surface area contributed by atoms with Crippen LogP contribution in [0.4, 0.5) is 0 Å². The van der Waals surface area contributed by atoms with Crippen LogP contribution in [-0.2, 0) is 0 Å². The molecule has 0 amide bonds. The Hall–Kier alpha value is -2.10. The van der Waals surface area contributed by atoms with Gasteiger partial charge in [0.2, 0.25) is 0 Å². The maximum absolute atomic E-state index is 5.91. The first-order valence-corrected chi connectivity index (χ1v) is 6.70. The highest BCUT2D eigenvalue weighted by Gasteiger charge is 2.17. The van der Waals surface area contributed by atoms with Crippen molar-refractivity contribution in [1.29, 1.82) is 0 Å². The summed E-state index contributed by atoms with van der Waals surface area (Å²) in [4.78, 5) is 0. The molecular weight excluding hydrogens is 248 g/mol. The van der Waals surface area contributed by atoms with Gasteiger partial charge in [0.05, 0.1) is 0 Å². The maximum atomic E-state index is 5.91. The summed E-state index contributed by atoms with van der Waals surface area (Å²) in [6, 6.07) is 16.3. The molecule has 2 aromatic carbocycles. The van der Waals surface area contributed by atoms with Gasteiger partial charge in [-0.25, -0.2) is 5.43 Å². The lowest BCUT2D eigenvalue weighted by Crippen LogP contribution is -2.28. The standard InChI is InChI=1S/C17H18N2O/c1-11-7-12(2)9-14(8-11)17(19-18)16-10-13-5-3-4-6-15(13)20-16/h3-10,17,19H,18H2,1-2H3. The van der Waals surface area contributed by atoms with Crippen LogP contribution in [0.1, 0.15) is 28.5 Å². The molecule has 0 aliphatic carbocycles. The van der Waals surface area contributed by atoms with Crippen LogP contribution < -0.4 is 11.3 Å². The fourth-order valence-electron chi connectivity index (χ4n) is 2.66. The summed E-state index contributed by atoms with van der Waals surface area (Å²) in [5.41, 5.74) is 7.29. The van der Waals surface area contributed by atoms with E-state index in [0.717, 1.165) is 22.3 Å². The van der Waals surface area contributed by atoms with Crippen LogP contribution in [0.5, 0.6) is 0 Å². The summed E-state index contributed by atoms with van der Waals surface area (Å²) in [5.74, 6) is 6.58. The van der Waals surface area contributed by atoms with Crippen molar-refractivity contribution >= 4 is 11.0 Å². The lowest BCUT2D eigenvalue weighted by atomic mass is 10.00. The molecule has 1 atom stereocenters. The number of aryl methyl sites for hydroxylation is 2. The zero-order chi connectivity index (χ0) is 14.1. The second kappa shape index (κ2) is 5.12. The molecule has 20 heavy (non-hydrogen) atoms. The number of hydrazine groups is 1. The van der Waals surface area contributed by atoms with Gasteiger partial charge in [0, 0.05) is 5.39 Å². The minimum absolute atomic E-state index is 0.138. The largest absolute Gasteiger partial charge is 0.459 e. The molecule has 0 aliphatic rings. The fraction of sp³-hybridized carbons (Fsp3) is 0.176. The Labute approximate surface area is 118 Å². The third-order valence-corrected chi connectivity index (χ3v) is 3.47. The highest BCUT2D eigenvalue weighted by molar-refractivity contribution is 5.78. The molecule has 0 saturated heterocycles. The van der Waals surface area contributed by atoms with Gasteiger partial charge >= 0.3 is 0 Å².